The first-order valence-corrected chi connectivity index (χ1v) is 11.8. The Kier molecular flexibility index (Phi) is 6.12. The molecule has 1 aliphatic carbocycles. The van der Waals surface area contributed by atoms with Crippen molar-refractivity contribution < 1.29 is 14.4 Å². The highest BCUT2D eigenvalue weighted by molar-refractivity contribution is 6.62. The number of aromatic nitrogens is 2. The van der Waals surface area contributed by atoms with E-state index >= 15 is 0 Å². The van der Waals surface area contributed by atoms with Gasteiger partial charge in [0.05, 0.1) is 22.3 Å². The first kappa shape index (κ1) is 23.2. The first-order valence-electron chi connectivity index (χ1n) is 11.8. The van der Waals surface area contributed by atoms with Crippen LogP contribution in [0.15, 0.2) is 31.0 Å². The van der Waals surface area contributed by atoms with Crippen molar-refractivity contribution in [3.05, 3.63) is 36.5 Å². The fraction of sp³-hybridized carbons (Fsp3) is 0.600. The fourth-order valence-corrected chi connectivity index (χ4v) is 4.65. The van der Waals surface area contributed by atoms with Gasteiger partial charge in [-0.2, -0.15) is 0 Å². The summed E-state index contributed by atoms with van der Waals surface area (Å²) < 4.78 is 12.5. The van der Waals surface area contributed by atoms with Crippen LogP contribution in [0.5, 0.6) is 0 Å². The third kappa shape index (κ3) is 4.43. The lowest BCUT2D eigenvalue weighted by Crippen LogP contribution is -2.41. The predicted molar refractivity (Wildman–Crippen MR) is 130 cm³/mol. The Hall–Kier alpha value is -1.96. The predicted octanol–water partition coefficient (Wildman–Crippen LogP) is 4.15. The van der Waals surface area contributed by atoms with E-state index in [1.165, 1.54) is 0 Å². The lowest BCUT2D eigenvalue weighted by molar-refractivity contribution is 0.00429. The normalized spacial score (nSPS) is 26.9. The summed E-state index contributed by atoms with van der Waals surface area (Å²) in [5.41, 5.74) is 1.77. The second kappa shape index (κ2) is 8.43. The van der Waals surface area contributed by atoms with E-state index < -0.39 is 12.7 Å². The van der Waals surface area contributed by atoms with Gasteiger partial charge in [0.2, 0.25) is 5.95 Å². The number of fused-ring (bicyclic) bond motifs is 1. The summed E-state index contributed by atoms with van der Waals surface area (Å²) in [4.78, 5) is 9.45. The summed E-state index contributed by atoms with van der Waals surface area (Å²) in [5, 5.41) is 15.1. The van der Waals surface area contributed by atoms with Gasteiger partial charge in [0.25, 0.3) is 0 Å². The topological polar surface area (TPSA) is 76.5 Å². The van der Waals surface area contributed by atoms with Crippen molar-refractivity contribution in [2.75, 3.05) is 5.32 Å². The lowest BCUT2D eigenvalue weighted by Gasteiger charge is -2.35. The minimum Gasteiger partial charge on any atom is -0.399 e. The molecule has 2 aromatic rings. The molecule has 0 bridgehead atoms. The zero-order valence-corrected chi connectivity index (χ0v) is 20.1. The van der Waals surface area contributed by atoms with Crippen LogP contribution in [0.1, 0.15) is 72.3 Å². The van der Waals surface area contributed by atoms with E-state index in [1.54, 1.807) is 0 Å². The van der Waals surface area contributed by atoms with Gasteiger partial charge in [-0.15, -0.1) is 6.58 Å². The van der Waals surface area contributed by atoms with E-state index in [0.717, 1.165) is 54.0 Å². The van der Waals surface area contributed by atoms with Crippen LogP contribution in [0.4, 0.5) is 5.95 Å². The molecule has 0 radical (unpaired) electrons. The van der Waals surface area contributed by atoms with Gasteiger partial charge in [0, 0.05) is 17.6 Å². The van der Waals surface area contributed by atoms with E-state index in [1.807, 2.05) is 12.3 Å². The van der Waals surface area contributed by atoms with E-state index in [4.69, 9.17) is 14.3 Å². The quantitative estimate of drug-likeness (QED) is 0.522. The van der Waals surface area contributed by atoms with E-state index in [2.05, 4.69) is 63.6 Å². The van der Waals surface area contributed by atoms with Crippen LogP contribution in [0.25, 0.3) is 10.9 Å². The maximum absolute atomic E-state index is 10.6. The van der Waals surface area contributed by atoms with Crippen molar-refractivity contribution in [2.24, 2.45) is 0 Å². The maximum Gasteiger partial charge on any atom is 0.494 e. The zero-order valence-electron chi connectivity index (χ0n) is 20.1. The highest BCUT2D eigenvalue weighted by Crippen LogP contribution is 2.37. The Morgan fingerprint density at radius 1 is 1.19 bits per heavy atom. The van der Waals surface area contributed by atoms with Crippen molar-refractivity contribution in [1.82, 2.24) is 9.97 Å². The minimum atomic E-state index is -0.608. The second-order valence-electron chi connectivity index (χ2n) is 10.4. The fourth-order valence-electron chi connectivity index (χ4n) is 4.65. The Bertz CT molecular complexity index is 983. The van der Waals surface area contributed by atoms with Gasteiger partial charge < -0.3 is 19.7 Å². The van der Waals surface area contributed by atoms with E-state index in [-0.39, 0.29) is 17.2 Å². The summed E-state index contributed by atoms with van der Waals surface area (Å²) in [6.07, 6.45) is 8.53. The molecule has 1 saturated heterocycles. The standard InChI is InChI=1S/C25H36BN3O3/c1-7-11-25(30)12-9-20(10-13-25)28-22-27-16-18-15-19(14-17(8-2)21(18)29-22)26-31-23(3,4)24(5,6)32-26/h7,14-16,20,30H,1,8-13H2,2-6H3,(H,27,28,29). The number of aliphatic hydroxyl groups is 1. The zero-order chi connectivity index (χ0) is 23.1. The molecular formula is C25H36BN3O3. The molecule has 0 spiro atoms. The van der Waals surface area contributed by atoms with Crippen molar-refractivity contribution in [2.45, 2.75) is 96.0 Å². The number of benzene rings is 1. The highest BCUT2D eigenvalue weighted by atomic mass is 16.7. The summed E-state index contributed by atoms with van der Waals surface area (Å²) in [6.45, 7) is 14.2. The van der Waals surface area contributed by atoms with Gasteiger partial charge in [-0.1, -0.05) is 25.1 Å². The molecule has 7 heteroatoms. The molecule has 1 aliphatic heterocycles. The highest BCUT2D eigenvalue weighted by Gasteiger charge is 2.51. The third-order valence-corrected chi connectivity index (χ3v) is 7.46. The molecule has 2 heterocycles. The monoisotopic (exact) mass is 437 g/mol. The number of hydrogen-bond donors (Lipinski definition) is 2. The summed E-state index contributed by atoms with van der Waals surface area (Å²) in [5.74, 6) is 0.648. The average molecular weight is 437 g/mol. The Morgan fingerprint density at radius 2 is 1.84 bits per heavy atom. The van der Waals surface area contributed by atoms with Crippen LogP contribution < -0.4 is 10.8 Å². The molecule has 6 nitrogen and oxygen atoms in total. The molecule has 0 atom stereocenters. The number of aryl methyl sites for hydroxylation is 1. The maximum atomic E-state index is 10.6. The smallest absolute Gasteiger partial charge is 0.399 e. The van der Waals surface area contributed by atoms with Gasteiger partial charge in [-0.25, -0.2) is 9.97 Å². The van der Waals surface area contributed by atoms with Crippen molar-refractivity contribution in [1.29, 1.82) is 0 Å². The second-order valence-corrected chi connectivity index (χ2v) is 10.4. The Morgan fingerprint density at radius 3 is 2.44 bits per heavy atom. The van der Waals surface area contributed by atoms with Gasteiger partial charge in [-0.05, 0) is 77.2 Å². The van der Waals surface area contributed by atoms with Crippen LogP contribution in [-0.4, -0.2) is 45.0 Å². The molecule has 2 N–H and O–H groups in total. The summed E-state index contributed by atoms with van der Waals surface area (Å²) >= 11 is 0. The number of nitrogens with one attached hydrogen (secondary N) is 1. The van der Waals surface area contributed by atoms with Gasteiger partial charge >= 0.3 is 7.12 Å². The van der Waals surface area contributed by atoms with Gasteiger partial charge in [-0.3, -0.25) is 0 Å². The number of nitrogens with zero attached hydrogens (tertiary/aromatic N) is 2. The third-order valence-electron chi connectivity index (χ3n) is 7.46. The first-order chi connectivity index (χ1) is 15.1. The molecule has 2 fully saturated rings. The molecule has 1 saturated carbocycles. The largest absolute Gasteiger partial charge is 0.494 e. The number of hydrogen-bond acceptors (Lipinski definition) is 6. The van der Waals surface area contributed by atoms with E-state index in [9.17, 15) is 5.11 Å². The summed E-state index contributed by atoms with van der Waals surface area (Å²) in [6, 6.07) is 4.50. The molecule has 32 heavy (non-hydrogen) atoms. The SMILES string of the molecule is C=CCC1(O)CCC(Nc2ncc3cc(B4OC(C)(C)C(C)(C)O4)cc(CC)c3n2)CC1. The Labute approximate surface area is 192 Å². The summed E-state index contributed by atoms with van der Waals surface area (Å²) in [7, 11) is -0.399. The van der Waals surface area contributed by atoms with Crippen molar-refractivity contribution >= 4 is 29.4 Å². The van der Waals surface area contributed by atoms with Crippen LogP contribution in [0, 0.1) is 0 Å². The number of rotatable bonds is 6. The Balaban J connectivity index is 1.54. The van der Waals surface area contributed by atoms with E-state index in [0.29, 0.717) is 12.4 Å². The number of anilines is 1. The molecule has 172 valence electrons. The van der Waals surface area contributed by atoms with Crippen LogP contribution in [0.2, 0.25) is 0 Å². The van der Waals surface area contributed by atoms with Crippen LogP contribution in [0.3, 0.4) is 0 Å². The van der Waals surface area contributed by atoms with Crippen LogP contribution >= 0.6 is 0 Å². The van der Waals surface area contributed by atoms with Crippen LogP contribution in [-0.2, 0) is 15.7 Å². The van der Waals surface area contributed by atoms with Crippen molar-refractivity contribution in [3.8, 4) is 0 Å². The molecule has 1 aromatic carbocycles. The van der Waals surface area contributed by atoms with Gasteiger partial charge in [0.1, 0.15) is 0 Å². The molecule has 1 aromatic heterocycles. The molecule has 4 rings (SSSR count). The molecule has 0 amide bonds. The lowest BCUT2D eigenvalue weighted by atomic mass is 9.77. The molecule has 2 aliphatic rings. The van der Waals surface area contributed by atoms with Crippen molar-refractivity contribution in [3.63, 3.8) is 0 Å². The molecule has 0 unspecified atom stereocenters. The minimum absolute atomic E-state index is 0.270. The molecular weight excluding hydrogens is 401 g/mol. The average Bonchev–Trinajstić information content (AvgIpc) is 2.96. The van der Waals surface area contributed by atoms with Gasteiger partial charge in [0.15, 0.2) is 0 Å².